The average molecular weight is 281 g/mol. The monoisotopic (exact) mass is 281 g/mol. The van der Waals surface area contributed by atoms with E-state index in [1.165, 1.54) is 14.2 Å². The highest BCUT2D eigenvalue weighted by molar-refractivity contribution is 5.85. The van der Waals surface area contributed by atoms with Crippen LogP contribution in [-0.4, -0.2) is 37.8 Å². The lowest BCUT2D eigenvalue weighted by Gasteiger charge is -2.17. The van der Waals surface area contributed by atoms with Crippen molar-refractivity contribution in [3.63, 3.8) is 0 Å². The zero-order valence-corrected chi connectivity index (χ0v) is 11.6. The second-order valence-corrected chi connectivity index (χ2v) is 4.13. The number of methoxy groups -OCH3 is 2. The van der Waals surface area contributed by atoms with Gasteiger partial charge in [-0.15, -0.1) is 0 Å². The minimum atomic E-state index is -0.888. The molecule has 1 atom stereocenters. The van der Waals surface area contributed by atoms with Crippen LogP contribution in [0.3, 0.4) is 0 Å². The number of nitrogens with one attached hydrogen (secondary N) is 1. The molecule has 0 spiro atoms. The lowest BCUT2D eigenvalue weighted by molar-refractivity contribution is -0.145. The number of carbonyl (C=O) groups excluding carboxylic acids is 2. The van der Waals surface area contributed by atoms with E-state index in [9.17, 15) is 9.59 Å². The Morgan fingerprint density at radius 3 is 2.70 bits per heavy atom. The van der Waals surface area contributed by atoms with E-state index >= 15 is 0 Å². The number of benzene rings is 1. The Morgan fingerprint density at radius 1 is 1.35 bits per heavy atom. The number of aliphatic hydroxyl groups is 1. The van der Waals surface area contributed by atoms with Gasteiger partial charge in [-0.05, 0) is 24.1 Å². The molecule has 1 aromatic carbocycles. The Bertz CT molecular complexity index is 461. The van der Waals surface area contributed by atoms with Gasteiger partial charge in [0.05, 0.1) is 14.2 Å². The molecule has 0 fully saturated rings. The van der Waals surface area contributed by atoms with Crippen molar-refractivity contribution >= 4 is 11.9 Å². The highest BCUT2D eigenvalue weighted by atomic mass is 16.5. The number of hydrogen-bond acceptors (Lipinski definition) is 5. The summed E-state index contributed by atoms with van der Waals surface area (Å²) in [5, 5.41) is 11.3. The molecule has 1 rings (SSSR count). The van der Waals surface area contributed by atoms with E-state index < -0.39 is 12.0 Å². The Labute approximate surface area is 117 Å². The van der Waals surface area contributed by atoms with E-state index in [1.54, 1.807) is 24.3 Å². The number of aliphatic hydroxyl groups excluding tert-OH is 1. The molecule has 2 N–H and O–H groups in total. The van der Waals surface area contributed by atoms with Crippen LogP contribution in [0.2, 0.25) is 0 Å². The van der Waals surface area contributed by atoms with Crippen molar-refractivity contribution in [2.45, 2.75) is 18.9 Å². The number of amides is 1. The van der Waals surface area contributed by atoms with Crippen molar-refractivity contribution in [2.75, 3.05) is 20.8 Å². The predicted octanol–water partition coefficient (Wildman–Crippen LogP) is 0.798. The Hall–Kier alpha value is -2.08. The van der Waals surface area contributed by atoms with E-state index in [-0.39, 0.29) is 18.9 Å². The maximum Gasteiger partial charge on any atom is 0.333 e. The molecule has 0 radical (unpaired) electrons. The summed E-state index contributed by atoms with van der Waals surface area (Å²) in [6.07, 6.45) is 0.492. The molecule has 0 saturated carbocycles. The van der Waals surface area contributed by atoms with Gasteiger partial charge in [0, 0.05) is 13.0 Å². The van der Waals surface area contributed by atoms with Gasteiger partial charge in [0.25, 0.3) is 0 Å². The molecular weight excluding hydrogens is 262 g/mol. The first kappa shape index (κ1) is 16.0. The zero-order valence-electron chi connectivity index (χ0n) is 11.6. The first-order valence-corrected chi connectivity index (χ1v) is 6.24. The van der Waals surface area contributed by atoms with E-state index in [0.29, 0.717) is 17.7 Å². The van der Waals surface area contributed by atoms with Crippen LogP contribution in [0, 0.1) is 0 Å². The van der Waals surface area contributed by atoms with Crippen LogP contribution in [0.4, 0.5) is 0 Å². The number of ether oxygens (including phenoxy) is 2. The minimum absolute atomic E-state index is 0.0739. The highest BCUT2D eigenvalue weighted by Gasteiger charge is 2.23. The molecule has 20 heavy (non-hydrogen) atoms. The maximum absolute atomic E-state index is 11.8. The molecule has 0 aromatic heterocycles. The summed E-state index contributed by atoms with van der Waals surface area (Å²) in [6, 6.07) is 5.95. The third-order valence-electron chi connectivity index (χ3n) is 2.73. The topological polar surface area (TPSA) is 84.9 Å². The van der Waals surface area contributed by atoms with Crippen molar-refractivity contribution in [1.82, 2.24) is 5.32 Å². The van der Waals surface area contributed by atoms with E-state index in [1.807, 2.05) is 0 Å². The molecule has 0 bridgehead atoms. The molecule has 1 aromatic rings. The summed E-state index contributed by atoms with van der Waals surface area (Å²) in [6.45, 7) is -0.0739. The molecular formula is C14H19NO5. The normalized spacial score (nSPS) is 11.6. The molecule has 1 amide bonds. The Morgan fingerprint density at radius 2 is 2.10 bits per heavy atom. The summed E-state index contributed by atoms with van der Waals surface area (Å²) >= 11 is 0. The highest BCUT2D eigenvalue weighted by Crippen LogP contribution is 2.20. The molecule has 0 aliphatic rings. The fourth-order valence-corrected chi connectivity index (χ4v) is 1.69. The summed E-state index contributed by atoms with van der Waals surface area (Å²) in [7, 11) is 2.78. The predicted molar refractivity (Wildman–Crippen MR) is 72.2 cm³/mol. The van der Waals surface area contributed by atoms with Crippen molar-refractivity contribution in [1.29, 1.82) is 0 Å². The molecule has 0 heterocycles. The first-order chi connectivity index (χ1) is 9.62. The van der Waals surface area contributed by atoms with Crippen LogP contribution >= 0.6 is 0 Å². The molecule has 6 heteroatoms. The van der Waals surface area contributed by atoms with E-state index in [2.05, 4.69) is 5.32 Å². The van der Waals surface area contributed by atoms with Crippen LogP contribution < -0.4 is 10.1 Å². The lowest BCUT2D eigenvalue weighted by atomic mass is 10.1. The summed E-state index contributed by atoms with van der Waals surface area (Å²) in [5.74, 6) is -0.297. The third-order valence-corrected chi connectivity index (χ3v) is 2.73. The van der Waals surface area contributed by atoms with Gasteiger partial charge in [0.15, 0.2) is 6.04 Å². The quantitative estimate of drug-likeness (QED) is 0.722. The van der Waals surface area contributed by atoms with Gasteiger partial charge >= 0.3 is 5.97 Å². The standard InChI is InChI=1S/C14H19NO5/c1-19-11-6-3-5-10(9-11)13(14(18)20-2)15-12(17)7-4-8-16/h3,5-6,9,13,16H,4,7-8H2,1-2H3,(H,15,17). The zero-order chi connectivity index (χ0) is 15.0. The smallest absolute Gasteiger partial charge is 0.333 e. The summed E-state index contributed by atoms with van der Waals surface area (Å²) in [4.78, 5) is 23.5. The van der Waals surface area contributed by atoms with Gasteiger partial charge in [-0.2, -0.15) is 0 Å². The maximum atomic E-state index is 11.8. The summed E-state index contributed by atoms with van der Waals surface area (Å²) in [5.41, 5.74) is 0.577. The second-order valence-electron chi connectivity index (χ2n) is 4.13. The van der Waals surface area contributed by atoms with Gasteiger partial charge < -0.3 is 19.9 Å². The van der Waals surface area contributed by atoms with Crippen LogP contribution in [0.5, 0.6) is 5.75 Å². The third kappa shape index (κ3) is 4.55. The van der Waals surface area contributed by atoms with Crippen LogP contribution in [0.1, 0.15) is 24.4 Å². The van der Waals surface area contributed by atoms with Gasteiger partial charge in [0.1, 0.15) is 5.75 Å². The van der Waals surface area contributed by atoms with Crippen LogP contribution in [-0.2, 0) is 14.3 Å². The Balaban J connectivity index is 2.88. The number of hydrogen-bond donors (Lipinski definition) is 2. The molecule has 1 unspecified atom stereocenters. The lowest BCUT2D eigenvalue weighted by Crippen LogP contribution is -2.34. The molecule has 0 saturated heterocycles. The van der Waals surface area contributed by atoms with E-state index in [4.69, 9.17) is 14.6 Å². The van der Waals surface area contributed by atoms with Crippen LogP contribution in [0.25, 0.3) is 0 Å². The number of carbonyl (C=O) groups is 2. The van der Waals surface area contributed by atoms with Crippen molar-refractivity contribution in [3.05, 3.63) is 29.8 Å². The molecule has 6 nitrogen and oxygen atoms in total. The first-order valence-electron chi connectivity index (χ1n) is 6.24. The number of esters is 1. The molecule has 0 aliphatic carbocycles. The second kappa shape index (κ2) is 8.16. The SMILES string of the molecule is COC(=O)C(NC(=O)CCCO)c1cccc(OC)c1. The van der Waals surface area contributed by atoms with Crippen molar-refractivity contribution in [3.8, 4) is 5.75 Å². The van der Waals surface area contributed by atoms with Crippen LogP contribution in [0.15, 0.2) is 24.3 Å². The van der Waals surface area contributed by atoms with Gasteiger partial charge in [-0.1, -0.05) is 12.1 Å². The van der Waals surface area contributed by atoms with Gasteiger partial charge in [-0.25, -0.2) is 4.79 Å². The van der Waals surface area contributed by atoms with Crippen molar-refractivity contribution in [2.24, 2.45) is 0 Å². The minimum Gasteiger partial charge on any atom is -0.497 e. The largest absolute Gasteiger partial charge is 0.497 e. The van der Waals surface area contributed by atoms with Gasteiger partial charge in [-0.3, -0.25) is 4.79 Å². The summed E-state index contributed by atoms with van der Waals surface area (Å²) < 4.78 is 9.79. The Kier molecular flexibility index (Phi) is 6.52. The number of rotatable bonds is 7. The average Bonchev–Trinajstić information content (AvgIpc) is 2.49. The molecule has 110 valence electrons. The van der Waals surface area contributed by atoms with Crippen molar-refractivity contribution < 1.29 is 24.2 Å². The fourth-order valence-electron chi connectivity index (χ4n) is 1.69. The fraction of sp³-hybridized carbons (Fsp3) is 0.429. The molecule has 0 aliphatic heterocycles. The van der Waals surface area contributed by atoms with E-state index in [0.717, 1.165) is 0 Å². The van der Waals surface area contributed by atoms with Gasteiger partial charge in [0.2, 0.25) is 5.91 Å².